The van der Waals surface area contributed by atoms with Crippen LogP contribution in [0.3, 0.4) is 0 Å². The topological polar surface area (TPSA) is 124 Å². The highest BCUT2D eigenvalue weighted by atomic mass is 16.6. The van der Waals surface area contributed by atoms with Crippen LogP contribution in [0.2, 0.25) is 0 Å². The Morgan fingerprint density at radius 1 is 1.08 bits per heavy atom. The van der Waals surface area contributed by atoms with E-state index in [2.05, 4.69) is 15.6 Å². The van der Waals surface area contributed by atoms with E-state index in [0.29, 0.717) is 34.5 Å². The van der Waals surface area contributed by atoms with Gasteiger partial charge in [-0.2, -0.15) is 4.98 Å². The van der Waals surface area contributed by atoms with Crippen LogP contribution in [0.4, 0.5) is 17.3 Å². The largest absolute Gasteiger partial charge is 0.495 e. The number of benzene rings is 3. The molecule has 0 spiro atoms. The number of methoxy groups -OCH3 is 1. The predicted molar refractivity (Wildman–Crippen MR) is 139 cm³/mol. The Morgan fingerprint density at radius 3 is 2.59 bits per heavy atom. The second-order valence-electron chi connectivity index (χ2n) is 8.61. The number of fused-ring (bicyclic) bond motifs is 1. The number of amides is 1. The Balaban J connectivity index is 1.66. The maximum Gasteiger partial charge on any atom is 0.275 e. The molecule has 10 heteroatoms. The molecule has 1 unspecified atom stereocenters. The van der Waals surface area contributed by atoms with Crippen molar-refractivity contribution in [2.24, 2.45) is 0 Å². The van der Waals surface area contributed by atoms with Gasteiger partial charge in [0.1, 0.15) is 11.8 Å². The third kappa shape index (κ3) is 4.40. The normalized spacial score (nSPS) is 14.5. The van der Waals surface area contributed by atoms with Gasteiger partial charge in [-0.25, -0.2) is 4.68 Å². The van der Waals surface area contributed by atoms with Gasteiger partial charge in [0.25, 0.3) is 11.6 Å². The molecule has 2 N–H and O–H groups in total. The Morgan fingerprint density at radius 2 is 1.84 bits per heavy atom. The molecule has 2 heterocycles. The fourth-order valence-electron chi connectivity index (χ4n) is 4.46. The van der Waals surface area contributed by atoms with E-state index < -0.39 is 16.9 Å². The number of hydrogen-bond acceptors (Lipinski definition) is 7. The molecule has 0 aliphatic carbocycles. The first-order chi connectivity index (χ1) is 17.9. The summed E-state index contributed by atoms with van der Waals surface area (Å²) in [6, 6.07) is 20.2. The maximum absolute atomic E-state index is 13.7. The molecule has 1 atom stereocenters. The fraction of sp³-hybridized carbons (Fsp3) is 0.148. The summed E-state index contributed by atoms with van der Waals surface area (Å²) < 4.78 is 6.91. The molecule has 4 aromatic rings. The number of carbonyl (C=O) groups is 1. The number of nitro benzene ring substituents is 1. The molecule has 1 aliphatic heterocycles. The zero-order valence-corrected chi connectivity index (χ0v) is 20.4. The quantitative estimate of drug-likeness (QED) is 0.281. The number of ether oxygens (including phenoxy) is 1. The van der Waals surface area contributed by atoms with Crippen molar-refractivity contribution in [3.05, 3.63) is 105 Å². The second-order valence-corrected chi connectivity index (χ2v) is 8.61. The molecule has 0 saturated carbocycles. The molecule has 37 heavy (non-hydrogen) atoms. The number of aryl methyl sites for hydroxylation is 1. The van der Waals surface area contributed by atoms with Crippen LogP contribution in [-0.4, -0.2) is 32.7 Å². The van der Waals surface area contributed by atoms with Crippen molar-refractivity contribution in [1.82, 2.24) is 14.8 Å². The van der Waals surface area contributed by atoms with Crippen LogP contribution in [-0.2, 0) is 4.79 Å². The van der Waals surface area contributed by atoms with E-state index in [1.807, 2.05) is 31.2 Å². The molecule has 1 aromatic heterocycles. The van der Waals surface area contributed by atoms with Crippen molar-refractivity contribution in [3.8, 4) is 17.1 Å². The average Bonchev–Trinajstić information content (AvgIpc) is 3.31. The fourth-order valence-corrected chi connectivity index (χ4v) is 4.46. The molecule has 1 aliphatic rings. The number of nitro groups is 1. The Hall–Kier alpha value is -4.99. The Labute approximate surface area is 212 Å². The van der Waals surface area contributed by atoms with E-state index in [9.17, 15) is 14.9 Å². The molecule has 5 rings (SSSR count). The van der Waals surface area contributed by atoms with Crippen molar-refractivity contribution in [1.29, 1.82) is 0 Å². The molecule has 186 valence electrons. The average molecular weight is 497 g/mol. The first kappa shape index (κ1) is 23.7. The lowest BCUT2D eigenvalue weighted by atomic mass is 9.93. The minimum atomic E-state index is -0.904. The van der Waals surface area contributed by atoms with E-state index in [1.165, 1.54) is 17.9 Å². The summed E-state index contributed by atoms with van der Waals surface area (Å²) in [6.45, 7) is 3.71. The van der Waals surface area contributed by atoms with Crippen LogP contribution in [0.25, 0.3) is 11.4 Å². The van der Waals surface area contributed by atoms with Gasteiger partial charge >= 0.3 is 0 Å². The molecule has 0 fully saturated rings. The molecule has 0 radical (unpaired) electrons. The maximum atomic E-state index is 13.7. The van der Waals surface area contributed by atoms with Gasteiger partial charge in [-0.3, -0.25) is 14.9 Å². The number of carbonyl (C=O) groups excluding carboxylic acids is 1. The lowest BCUT2D eigenvalue weighted by molar-refractivity contribution is -0.385. The number of nitrogens with zero attached hydrogens (tertiary/aromatic N) is 4. The van der Waals surface area contributed by atoms with Crippen LogP contribution < -0.4 is 15.4 Å². The van der Waals surface area contributed by atoms with Crippen molar-refractivity contribution in [3.63, 3.8) is 0 Å². The number of aromatic nitrogens is 3. The first-order valence-corrected chi connectivity index (χ1v) is 11.6. The lowest BCUT2D eigenvalue weighted by Crippen LogP contribution is -2.32. The SMILES string of the molecule is COc1ccccc1NC(=O)C1=C(C)Nc2nc(-c3cccc(C)c3)nn2C1c1ccccc1[N+](=O)[O-]. The number of rotatable bonds is 6. The van der Waals surface area contributed by atoms with Gasteiger partial charge in [-0.1, -0.05) is 48.0 Å². The van der Waals surface area contributed by atoms with Crippen molar-refractivity contribution in [2.75, 3.05) is 17.7 Å². The summed E-state index contributed by atoms with van der Waals surface area (Å²) in [7, 11) is 1.52. The Kier molecular flexibility index (Phi) is 6.14. The van der Waals surface area contributed by atoms with Crippen molar-refractivity contribution < 1.29 is 14.5 Å². The summed E-state index contributed by atoms with van der Waals surface area (Å²) in [5, 5.41) is 22.8. The van der Waals surface area contributed by atoms with Crippen LogP contribution in [0, 0.1) is 17.0 Å². The van der Waals surface area contributed by atoms with Crippen molar-refractivity contribution >= 4 is 23.2 Å². The summed E-state index contributed by atoms with van der Waals surface area (Å²) in [5.74, 6) is 0.860. The predicted octanol–water partition coefficient (Wildman–Crippen LogP) is 5.10. The zero-order valence-electron chi connectivity index (χ0n) is 20.4. The second kappa shape index (κ2) is 9.57. The standard InChI is InChI=1S/C27H24N6O4/c1-16-9-8-10-18(15-16)25-30-27-28-17(2)23(26(34)29-20-12-5-7-14-22(20)37-3)24(32(27)31-25)19-11-4-6-13-21(19)33(35)36/h4-15,24H,1-3H3,(H,29,34)(H,28,30,31). The first-order valence-electron chi connectivity index (χ1n) is 11.6. The van der Waals surface area contributed by atoms with Crippen LogP contribution >= 0.6 is 0 Å². The van der Waals surface area contributed by atoms with Gasteiger partial charge in [0.2, 0.25) is 5.95 Å². The smallest absolute Gasteiger partial charge is 0.275 e. The van der Waals surface area contributed by atoms with Gasteiger partial charge in [0, 0.05) is 17.3 Å². The van der Waals surface area contributed by atoms with Crippen LogP contribution in [0.15, 0.2) is 84.1 Å². The number of allylic oxidation sites excluding steroid dienone is 1. The van der Waals surface area contributed by atoms with E-state index in [-0.39, 0.29) is 11.3 Å². The minimum Gasteiger partial charge on any atom is -0.495 e. The number of anilines is 2. The van der Waals surface area contributed by atoms with Crippen LogP contribution in [0.5, 0.6) is 5.75 Å². The monoisotopic (exact) mass is 496 g/mol. The van der Waals surface area contributed by atoms with Gasteiger partial charge in [0.15, 0.2) is 5.82 Å². The lowest BCUT2D eigenvalue weighted by Gasteiger charge is -2.28. The molecule has 1 amide bonds. The third-order valence-electron chi connectivity index (χ3n) is 6.16. The summed E-state index contributed by atoms with van der Waals surface area (Å²) in [5.41, 5.74) is 3.28. The highest BCUT2D eigenvalue weighted by Gasteiger charge is 2.38. The van der Waals surface area contributed by atoms with Gasteiger partial charge in [-0.05, 0) is 38.1 Å². The summed E-state index contributed by atoms with van der Waals surface area (Å²) in [6.07, 6.45) is 0. The van der Waals surface area contributed by atoms with Gasteiger partial charge in [0.05, 0.1) is 28.9 Å². The minimum absolute atomic E-state index is 0.122. The highest BCUT2D eigenvalue weighted by Crippen LogP contribution is 2.40. The summed E-state index contributed by atoms with van der Waals surface area (Å²) >= 11 is 0. The van der Waals surface area contributed by atoms with Gasteiger partial charge < -0.3 is 15.4 Å². The van der Waals surface area contributed by atoms with E-state index in [4.69, 9.17) is 9.84 Å². The number of hydrogen-bond donors (Lipinski definition) is 2. The summed E-state index contributed by atoms with van der Waals surface area (Å²) in [4.78, 5) is 29.9. The van der Waals surface area contributed by atoms with Gasteiger partial charge in [-0.15, -0.1) is 5.10 Å². The van der Waals surface area contributed by atoms with Crippen molar-refractivity contribution in [2.45, 2.75) is 19.9 Å². The highest BCUT2D eigenvalue weighted by molar-refractivity contribution is 6.06. The van der Waals surface area contributed by atoms with E-state index >= 15 is 0 Å². The van der Waals surface area contributed by atoms with E-state index in [0.717, 1.165) is 11.1 Å². The molecule has 3 aromatic carbocycles. The number of nitrogens with one attached hydrogen (secondary N) is 2. The van der Waals surface area contributed by atoms with E-state index in [1.54, 1.807) is 49.4 Å². The third-order valence-corrected chi connectivity index (χ3v) is 6.16. The zero-order chi connectivity index (χ0) is 26.1. The van der Waals surface area contributed by atoms with Crippen LogP contribution in [0.1, 0.15) is 24.1 Å². The molecule has 0 bridgehead atoms. The Bertz CT molecular complexity index is 1560. The molecular weight excluding hydrogens is 472 g/mol. The molecule has 10 nitrogen and oxygen atoms in total. The number of para-hydroxylation sites is 3. The molecule has 0 saturated heterocycles. The molecular formula is C27H24N6O4.